The molecule has 4 rings (SSSR count). The lowest BCUT2D eigenvalue weighted by Crippen LogP contribution is -2.28. The molecule has 1 saturated carbocycles. The van der Waals surface area contributed by atoms with E-state index < -0.39 is 28.9 Å². The summed E-state index contributed by atoms with van der Waals surface area (Å²) in [7, 11) is 0. The number of carbonyl (C=O) groups excluding carboxylic acids is 1. The number of hydrogen-bond donors (Lipinski definition) is 1. The average Bonchev–Trinajstić information content (AvgIpc) is 3.04. The Morgan fingerprint density at radius 2 is 2.00 bits per heavy atom. The third-order valence-corrected chi connectivity index (χ3v) is 5.36. The number of hydrogen-bond acceptors (Lipinski definition) is 4. The van der Waals surface area contributed by atoms with Gasteiger partial charge in [0.2, 0.25) is 5.91 Å². The van der Waals surface area contributed by atoms with Crippen LogP contribution in [0.1, 0.15) is 24.1 Å². The zero-order valence-corrected chi connectivity index (χ0v) is 14.5. The van der Waals surface area contributed by atoms with Crippen LogP contribution in [0.15, 0.2) is 46.3 Å². The highest BCUT2D eigenvalue weighted by Gasteiger charge is 2.54. The average molecular weight is 396 g/mol. The molecule has 1 fully saturated rings. The number of nitrogens with one attached hydrogen (secondary N) is 1. The first-order chi connectivity index (χ1) is 12.8. The molecule has 0 radical (unpaired) electrons. The minimum Gasteiger partial charge on any atom is -0.355 e. The van der Waals surface area contributed by atoms with Gasteiger partial charge in [0.25, 0.3) is 0 Å². The van der Waals surface area contributed by atoms with Crippen LogP contribution in [0.25, 0.3) is 10.6 Å². The topological polar surface area (TPSA) is 55.1 Å². The van der Waals surface area contributed by atoms with Gasteiger partial charge in [0, 0.05) is 11.8 Å². The Morgan fingerprint density at radius 3 is 2.63 bits per heavy atom. The molecule has 1 aliphatic rings. The van der Waals surface area contributed by atoms with Crippen LogP contribution in [0, 0.1) is 5.82 Å². The molecule has 0 bridgehead atoms. The summed E-state index contributed by atoms with van der Waals surface area (Å²) in [6.07, 6.45) is -3.84. The molecule has 1 N–H and O–H groups in total. The molecule has 27 heavy (non-hydrogen) atoms. The summed E-state index contributed by atoms with van der Waals surface area (Å²) in [4.78, 5) is 13.5. The maximum Gasteiger partial charge on any atom is 0.419 e. The van der Waals surface area contributed by atoms with Gasteiger partial charge >= 0.3 is 6.18 Å². The summed E-state index contributed by atoms with van der Waals surface area (Å²) in [5.41, 5.74) is -2.05. The summed E-state index contributed by atoms with van der Waals surface area (Å²) < 4.78 is 57.2. The highest BCUT2D eigenvalue weighted by molar-refractivity contribution is 7.13. The number of anilines is 1. The number of carbonyl (C=O) groups is 1. The smallest absolute Gasteiger partial charge is 0.355 e. The standard InChI is InChI=1S/C18H12F4N2O2S/c19-12-4-3-10(8-11(12)18(20,21)22)23-16(25)17(5-6-17)15-9-13(26-24-15)14-2-1-7-27-14/h1-4,7-9H,5-6H2,(H,23,25). The van der Waals surface area contributed by atoms with Crippen LogP contribution in [0.4, 0.5) is 23.2 Å². The molecule has 2 aromatic heterocycles. The van der Waals surface area contributed by atoms with Gasteiger partial charge in [-0.2, -0.15) is 13.2 Å². The second kappa shape index (κ2) is 6.19. The Morgan fingerprint density at radius 1 is 1.22 bits per heavy atom. The van der Waals surface area contributed by atoms with E-state index in [1.807, 2.05) is 17.5 Å². The van der Waals surface area contributed by atoms with E-state index in [1.54, 1.807) is 6.07 Å². The van der Waals surface area contributed by atoms with Crippen LogP contribution in [-0.4, -0.2) is 11.1 Å². The van der Waals surface area contributed by atoms with E-state index in [0.717, 1.165) is 10.9 Å². The van der Waals surface area contributed by atoms with Crippen molar-refractivity contribution in [1.29, 1.82) is 0 Å². The normalized spacial score (nSPS) is 15.6. The van der Waals surface area contributed by atoms with Crippen molar-refractivity contribution in [1.82, 2.24) is 5.16 Å². The van der Waals surface area contributed by atoms with E-state index in [4.69, 9.17) is 4.52 Å². The molecule has 1 aliphatic carbocycles. The molecule has 0 unspecified atom stereocenters. The summed E-state index contributed by atoms with van der Waals surface area (Å²) >= 11 is 1.46. The lowest BCUT2D eigenvalue weighted by Gasteiger charge is -2.14. The van der Waals surface area contributed by atoms with E-state index in [1.165, 1.54) is 11.3 Å². The molecule has 1 aromatic carbocycles. The van der Waals surface area contributed by atoms with Crippen LogP contribution >= 0.6 is 11.3 Å². The molecule has 1 amide bonds. The van der Waals surface area contributed by atoms with Gasteiger partial charge in [-0.05, 0) is 42.5 Å². The third kappa shape index (κ3) is 3.23. The van der Waals surface area contributed by atoms with Crippen LogP contribution in [0.3, 0.4) is 0 Å². The number of nitrogens with zero attached hydrogens (tertiary/aromatic N) is 1. The van der Waals surface area contributed by atoms with Crippen LogP contribution < -0.4 is 5.32 Å². The van der Waals surface area contributed by atoms with Gasteiger partial charge in [-0.15, -0.1) is 11.3 Å². The molecule has 0 spiro atoms. The Balaban J connectivity index is 1.57. The molecule has 140 valence electrons. The van der Waals surface area contributed by atoms with Crippen molar-refractivity contribution >= 4 is 22.9 Å². The molecular formula is C18H12F4N2O2S. The molecule has 9 heteroatoms. The zero-order valence-electron chi connectivity index (χ0n) is 13.6. The van der Waals surface area contributed by atoms with E-state index in [0.29, 0.717) is 36.4 Å². The number of benzene rings is 1. The third-order valence-electron chi connectivity index (χ3n) is 4.48. The second-order valence-electron chi connectivity index (χ2n) is 6.28. The van der Waals surface area contributed by atoms with Gasteiger partial charge in [-0.1, -0.05) is 11.2 Å². The largest absolute Gasteiger partial charge is 0.419 e. The Labute approximate surface area is 154 Å². The zero-order chi connectivity index (χ0) is 19.2. The Kier molecular flexibility index (Phi) is 4.06. The number of rotatable bonds is 4. The van der Waals surface area contributed by atoms with E-state index in [2.05, 4.69) is 10.5 Å². The van der Waals surface area contributed by atoms with Crippen LogP contribution in [-0.2, 0) is 16.4 Å². The minimum absolute atomic E-state index is 0.123. The highest BCUT2D eigenvalue weighted by Crippen LogP contribution is 2.49. The first-order valence-corrected chi connectivity index (χ1v) is 8.87. The quantitative estimate of drug-likeness (QED) is 0.615. The molecule has 0 saturated heterocycles. The van der Waals surface area contributed by atoms with Crippen LogP contribution in [0.5, 0.6) is 0 Å². The van der Waals surface area contributed by atoms with Crippen molar-refractivity contribution in [3.05, 3.63) is 58.9 Å². The predicted molar refractivity (Wildman–Crippen MR) is 90.8 cm³/mol. The monoisotopic (exact) mass is 396 g/mol. The SMILES string of the molecule is O=C(Nc1ccc(F)c(C(F)(F)F)c1)C1(c2cc(-c3cccs3)on2)CC1. The van der Waals surface area contributed by atoms with Crippen molar-refractivity contribution in [2.24, 2.45) is 0 Å². The minimum atomic E-state index is -4.84. The van der Waals surface area contributed by atoms with Crippen LogP contribution in [0.2, 0.25) is 0 Å². The Hall–Kier alpha value is -2.68. The van der Waals surface area contributed by atoms with Gasteiger partial charge in [0.15, 0.2) is 5.76 Å². The number of aromatic nitrogens is 1. The summed E-state index contributed by atoms with van der Waals surface area (Å²) in [6, 6.07) is 7.75. The molecular weight excluding hydrogens is 384 g/mol. The number of amides is 1. The maximum absolute atomic E-state index is 13.4. The van der Waals surface area contributed by atoms with Gasteiger partial charge in [-0.25, -0.2) is 4.39 Å². The number of halogens is 4. The van der Waals surface area contributed by atoms with Crippen molar-refractivity contribution in [2.45, 2.75) is 24.4 Å². The lowest BCUT2D eigenvalue weighted by atomic mass is 10.0. The molecule has 3 aromatic rings. The molecule has 0 aliphatic heterocycles. The second-order valence-corrected chi connectivity index (χ2v) is 7.23. The summed E-state index contributed by atoms with van der Waals surface area (Å²) in [5.74, 6) is -1.35. The maximum atomic E-state index is 13.4. The first kappa shape index (κ1) is 17.7. The van der Waals surface area contributed by atoms with E-state index >= 15 is 0 Å². The first-order valence-electron chi connectivity index (χ1n) is 7.99. The lowest BCUT2D eigenvalue weighted by molar-refractivity contribution is -0.140. The predicted octanol–water partition coefficient (Wildman–Crippen LogP) is 5.23. The van der Waals surface area contributed by atoms with Crippen molar-refractivity contribution in [3.63, 3.8) is 0 Å². The molecule has 2 heterocycles. The van der Waals surface area contributed by atoms with Crippen molar-refractivity contribution < 1.29 is 26.9 Å². The van der Waals surface area contributed by atoms with E-state index in [9.17, 15) is 22.4 Å². The van der Waals surface area contributed by atoms with Crippen molar-refractivity contribution in [2.75, 3.05) is 5.32 Å². The summed E-state index contributed by atoms with van der Waals surface area (Å²) in [6.45, 7) is 0. The van der Waals surface area contributed by atoms with Crippen molar-refractivity contribution in [3.8, 4) is 10.6 Å². The van der Waals surface area contributed by atoms with Gasteiger partial charge < -0.3 is 9.84 Å². The highest BCUT2D eigenvalue weighted by atomic mass is 32.1. The number of alkyl halides is 3. The fourth-order valence-electron chi connectivity index (χ4n) is 2.83. The molecule has 4 nitrogen and oxygen atoms in total. The Bertz CT molecular complexity index is 991. The fourth-order valence-corrected chi connectivity index (χ4v) is 3.50. The molecule has 0 atom stereocenters. The number of thiophene rings is 1. The van der Waals surface area contributed by atoms with Gasteiger partial charge in [0.1, 0.15) is 5.82 Å². The van der Waals surface area contributed by atoms with Gasteiger partial charge in [0.05, 0.1) is 21.5 Å². The fraction of sp³-hybridized carbons (Fsp3) is 0.222. The van der Waals surface area contributed by atoms with E-state index in [-0.39, 0.29) is 5.69 Å². The summed E-state index contributed by atoms with van der Waals surface area (Å²) in [5, 5.41) is 8.29. The van der Waals surface area contributed by atoms with Gasteiger partial charge in [-0.3, -0.25) is 4.79 Å².